The number of nitrogens with zero attached hydrogens (tertiary/aromatic N) is 2. The Labute approximate surface area is 185 Å². The van der Waals surface area contributed by atoms with Crippen molar-refractivity contribution in [1.82, 2.24) is 9.13 Å². The van der Waals surface area contributed by atoms with Crippen LogP contribution in [0.3, 0.4) is 0 Å². The zero-order valence-corrected chi connectivity index (χ0v) is 18.4. The third-order valence-corrected chi connectivity index (χ3v) is 6.50. The Kier molecular flexibility index (Phi) is 5.91. The summed E-state index contributed by atoms with van der Waals surface area (Å²) in [6, 6.07) is 8.61. The molecule has 0 radical (unpaired) electrons. The second-order valence-electron chi connectivity index (χ2n) is 7.87. The number of hydrogen-bond donors (Lipinski definition) is 1. The number of ether oxygens (including phenoxy) is 1. The molecule has 0 unspecified atom stereocenters. The van der Waals surface area contributed by atoms with Crippen molar-refractivity contribution in [2.45, 2.75) is 50.6 Å². The van der Waals surface area contributed by atoms with Crippen LogP contribution in [0.2, 0.25) is 0 Å². The Hall–Kier alpha value is -2.26. The monoisotopic (exact) mass is 498 g/mol. The fraction of sp³-hybridized carbons (Fsp3) is 0.409. The van der Waals surface area contributed by atoms with Gasteiger partial charge in [-0.25, -0.2) is 4.79 Å². The van der Waals surface area contributed by atoms with Gasteiger partial charge in [-0.3, -0.25) is 9.13 Å². The Bertz CT molecular complexity index is 1160. The number of hydrogen-bond acceptors (Lipinski definition) is 3. The minimum atomic E-state index is -4.50. The molecule has 9 heteroatoms. The maximum atomic E-state index is 13.4. The summed E-state index contributed by atoms with van der Waals surface area (Å²) in [5.41, 5.74) is 0.346. The van der Waals surface area contributed by atoms with Crippen molar-refractivity contribution in [2.75, 3.05) is 7.11 Å². The van der Waals surface area contributed by atoms with Gasteiger partial charge in [0.25, 0.3) is 0 Å². The molecule has 4 rings (SSSR count). The highest BCUT2D eigenvalue weighted by atomic mass is 79.9. The fourth-order valence-corrected chi connectivity index (χ4v) is 4.86. The van der Waals surface area contributed by atoms with Crippen molar-refractivity contribution in [3.8, 4) is 5.75 Å². The fourth-order valence-electron chi connectivity index (χ4n) is 4.27. The van der Waals surface area contributed by atoms with Gasteiger partial charge < -0.3 is 9.84 Å². The normalized spacial score (nSPS) is 19.7. The third-order valence-electron chi connectivity index (χ3n) is 5.88. The maximum absolute atomic E-state index is 13.4. The molecular formula is C22H22BrF3N2O3. The number of fused-ring (bicyclic) bond motifs is 1. The van der Waals surface area contributed by atoms with Crippen molar-refractivity contribution in [3.05, 3.63) is 62.5 Å². The van der Waals surface area contributed by atoms with Gasteiger partial charge >= 0.3 is 11.9 Å². The van der Waals surface area contributed by atoms with E-state index in [-0.39, 0.29) is 23.8 Å². The van der Waals surface area contributed by atoms with Crippen molar-refractivity contribution in [3.63, 3.8) is 0 Å². The number of rotatable bonds is 4. The predicted molar refractivity (Wildman–Crippen MR) is 115 cm³/mol. The Morgan fingerprint density at radius 2 is 1.81 bits per heavy atom. The van der Waals surface area contributed by atoms with Crippen molar-refractivity contribution in [2.24, 2.45) is 0 Å². The molecule has 0 bridgehead atoms. The lowest BCUT2D eigenvalue weighted by Gasteiger charge is -2.26. The lowest BCUT2D eigenvalue weighted by atomic mass is 9.93. The van der Waals surface area contributed by atoms with Gasteiger partial charge in [0.1, 0.15) is 5.75 Å². The summed E-state index contributed by atoms with van der Waals surface area (Å²) < 4.78 is 49.0. The molecule has 166 valence electrons. The van der Waals surface area contributed by atoms with E-state index in [0.29, 0.717) is 41.4 Å². The molecule has 1 fully saturated rings. The second-order valence-corrected chi connectivity index (χ2v) is 8.73. The zero-order chi connectivity index (χ0) is 22.3. The van der Waals surface area contributed by atoms with Crippen LogP contribution in [0.4, 0.5) is 13.2 Å². The SMILES string of the molecule is COc1ccc(Cn2c(=O)n([C@H]3CC[C@H](O)CC3)c3ccc(C(F)(F)F)cc32)cc1Br. The van der Waals surface area contributed by atoms with Crippen molar-refractivity contribution in [1.29, 1.82) is 0 Å². The number of methoxy groups -OCH3 is 1. The first-order chi connectivity index (χ1) is 14.7. The molecular weight excluding hydrogens is 477 g/mol. The number of aliphatic hydroxyl groups is 1. The smallest absolute Gasteiger partial charge is 0.416 e. The molecule has 1 aliphatic rings. The first kappa shape index (κ1) is 22.0. The van der Waals surface area contributed by atoms with E-state index < -0.39 is 17.8 Å². The molecule has 2 aromatic carbocycles. The summed E-state index contributed by atoms with van der Waals surface area (Å²) >= 11 is 3.41. The van der Waals surface area contributed by atoms with Crippen molar-refractivity contribution < 1.29 is 23.0 Å². The minimum absolute atomic E-state index is 0.127. The molecule has 1 aromatic heterocycles. The van der Waals surface area contributed by atoms with E-state index in [9.17, 15) is 23.1 Å². The summed E-state index contributed by atoms with van der Waals surface area (Å²) in [7, 11) is 1.54. The van der Waals surface area contributed by atoms with Crippen LogP contribution < -0.4 is 10.4 Å². The van der Waals surface area contributed by atoms with E-state index >= 15 is 0 Å². The average molecular weight is 499 g/mol. The number of aromatic nitrogens is 2. The van der Waals surface area contributed by atoms with Crippen LogP contribution >= 0.6 is 15.9 Å². The number of alkyl halides is 3. The Morgan fingerprint density at radius 1 is 1.10 bits per heavy atom. The number of halogens is 4. The van der Waals surface area contributed by atoms with Crippen LogP contribution in [-0.2, 0) is 12.7 Å². The van der Waals surface area contributed by atoms with Crippen LogP contribution in [0.15, 0.2) is 45.7 Å². The molecule has 31 heavy (non-hydrogen) atoms. The van der Waals surface area contributed by atoms with Crippen LogP contribution in [0.25, 0.3) is 11.0 Å². The molecule has 1 N–H and O–H groups in total. The van der Waals surface area contributed by atoms with Gasteiger partial charge in [0.2, 0.25) is 0 Å². The van der Waals surface area contributed by atoms with Crippen LogP contribution in [-0.4, -0.2) is 27.5 Å². The first-order valence-corrected chi connectivity index (χ1v) is 10.8. The maximum Gasteiger partial charge on any atom is 0.416 e. The Morgan fingerprint density at radius 3 is 2.42 bits per heavy atom. The summed E-state index contributed by atoms with van der Waals surface area (Å²) in [4.78, 5) is 13.4. The number of benzene rings is 2. The van der Waals surface area contributed by atoms with E-state index in [2.05, 4.69) is 15.9 Å². The van der Waals surface area contributed by atoms with Gasteiger partial charge in [0, 0.05) is 6.04 Å². The molecule has 5 nitrogen and oxygen atoms in total. The van der Waals surface area contributed by atoms with E-state index in [1.54, 1.807) is 22.8 Å². The minimum Gasteiger partial charge on any atom is -0.496 e. The topological polar surface area (TPSA) is 56.4 Å². The summed E-state index contributed by atoms with van der Waals surface area (Å²) in [6.45, 7) is 0.127. The van der Waals surface area contributed by atoms with Gasteiger partial charge in [-0.15, -0.1) is 0 Å². The molecule has 1 aliphatic carbocycles. The van der Waals surface area contributed by atoms with Gasteiger partial charge in [0.15, 0.2) is 0 Å². The van der Waals surface area contributed by atoms with E-state index in [0.717, 1.165) is 17.7 Å². The first-order valence-electron chi connectivity index (χ1n) is 10.0. The van der Waals surface area contributed by atoms with Crippen LogP contribution in [0, 0.1) is 0 Å². The number of aliphatic hydroxyl groups excluding tert-OH is 1. The van der Waals surface area contributed by atoms with Gasteiger partial charge in [0.05, 0.1) is 40.8 Å². The van der Waals surface area contributed by atoms with Gasteiger partial charge in [-0.1, -0.05) is 6.07 Å². The molecule has 0 aliphatic heterocycles. The molecule has 0 saturated heterocycles. The number of imidazole rings is 1. The highest BCUT2D eigenvalue weighted by Gasteiger charge is 2.32. The molecule has 0 spiro atoms. The summed E-state index contributed by atoms with van der Waals surface area (Å²) in [6.07, 6.45) is -2.56. The van der Waals surface area contributed by atoms with E-state index in [1.165, 1.54) is 17.7 Å². The molecule has 3 aromatic rings. The predicted octanol–water partition coefficient (Wildman–Crippen LogP) is 5.12. The highest BCUT2D eigenvalue weighted by Crippen LogP contribution is 2.34. The quantitative estimate of drug-likeness (QED) is 0.543. The average Bonchev–Trinajstić information content (AvgIpc) is 2.99. The molecule has 0 amide bonds. The standard InChI is InChI=1S/C22H22BrF3N2O3/c1-31-20-9-2-13(10-17(20)23)12-27-19-11-14(22(24,25)26)3-8-18(19)28(21(27)30)15-4-6-16(29)7-5-15/h2-3,8-11,15-16,29H,4-7,12H2,1H3/t15-,16-. The van der Waals surface area contributed by atoms with Crippen molar-refractivity contribution >= 4 is 27.0 Å². The van der Waals surface area contributed by atoms with Gasteiger partial charge in [-0.2, -0.15) is 13.2 Å². The van der Waals surface area contributed by atoms with E-state index in [4.69, 9.17) is 4.74 Å². The van der Waals surface area contributed by atoms with Gasteiger partial charge in [-0.05, 0) is 77.5 Å². The van der Waals surface area contributed by atoms with E-state index in [1.807, 2.05) is 0 Å². The summed E-state index contributed by atoms with van der Waals surface area (Å²) in [5, 5.41) is 9.82. The Balaban J connectivity index is 1.85. The zero-order valence-electron chi connectivity index (χ0n) is 16.8. The summed E-state index contributed by atoms with van der Waals surface area (Å²) in [5.74, 6) is 0.624. The largest absolute Gasteiger partial charge is 0.496 e. The third kappa shape index (κ3) is 4.25. The molecule has 0 atom stereocenters. The lowest BCUT2D eigenvalue weighted by molar-refractivity contribution is -0.137. The highest BCUT2D eigenvalue weighted by molar-refractivity contribution is 9.10. The lowest BCUT2D eigenvalue weighted by Crippen LogP contribution is -2.31. The second kappa shape index (κ2) is 8.35. The molecule has 1 heterocycles. The molecule has 1 saturated carbocycles. The van der Waals surface area contributed by atoms with Crippen LogP contribution in [0.1, 0.15) is 42.9 Å². The van der Waals surface area contributed by atoms with Crippen LogP contribution in [0.5, 0.6) is 5.75 Å².